The van der Waals surface area contributed by atoms with E-state index in [2.05, 4.69) is 10.1 Å². The van der Waals surface area contributed by atoms with Crippen molar-refractivity contribution in [3.63, 3.8) is 0 Å². The Bertz CT molecular complexity index is 473. The molecule has 5 nitrogen and oxygen atoms in total. The summed E-state index contributed by atoms with van der Waals surface area (Å²) in [6.07, 6.45) is -2.87. The largest absolute Gasteiger partial charge is 0.391 e. The fraction of sp³-hybridized carbons (Fsp3) is 0.846. The molecule has 1 fully saturated rings. The predicted molar refractivity (Wildman–Crippen MR) is 68.5 cm³/mol. The molecular formula is C13H20F3N3O2. The molecule has 1 saturated carbocycles. The van der Waals surface area contributed by atoms with E-state index in [1.807, 2.05) is 0 Å². The third kappa shape index (κ3) is 3.74. The number of rotatable bonds is 4. The fourth-order valence-corrected chi connectivity index (χ4v) is 2.71. The van der Waals surface area contributed by atoms with Crippen LogP contribution in [0.2, 0.25) is 0 Å². The molecule has 1 aromatic rings. The van der Waals surface area contributed by atoms with Gasteiger partial charge in [0.25, 0.3) is 0 Å². The molecule has 0 amide bonds. The molecule has 120 valence electrons. The number of hydrogen-bond donors (Lipinski definition) is 1. The molecular weight excluding hydrogens is 287 g/mol. The number of aromatic nitrogens is 2. The van der Waals surface area contributed by atoms with Crippen LogP contribution in [0.15, 0.2) is 4.52 Å². The van der Waals surface area contributed by atoms with Gasteiger partial charge in [-0.1, -0.05) is 11.6 Å². The Morgan fingerprint density at radius 3 is 2.71 bits per heavy atom. The topological polar surface area (TPSA) is 74.2 Å². The summed E-state index contributed by atoms with van der Waals surface area (Å²) in [7, 11) is 1.50. The first-order chi connectivity index (χ1) is 9.74. The first-order valence-corrected chi connectivity index (χ1v) is 6.92. The SMILES string of the molecule is COCC(C)(N)c1noc(C2CCCC(C(F)(F)F)C2)n1. The van der Waals surface area contributed by atoms with E-state index in [1.165, 1.54) is 7.11 Å². The van der Waals surface area contributed by atoms with Crippen molar-refractivity contribution in [2.24, 2.45) is 11.7 Å². The van der Waals surface area contributed by atoms with Crippen LogP contribution in [0.5, 0.6) is 0 Å². The lowest BCUT2D eigenvalue weighted by molar-refractivity contribution is -0.183. The standard InChI is InChI=1S/C13H20F3N3O2/c1-12(17,7-20-2)11-18-10(21-19-11)8-4-3-5-9(6-8)13(14,15)16/h8-9H,3-7,17H2,1-2H3. The summed E-state index contributed by atoms with van der Waals surface area (Å²) in [4.78, 5) is 4.19. The second-order valence-corrected chi connectivity index (χ2v) is 5.91. The number of alkyl halides is 3. The van der Waals surface area contributed by atoms with Gasteiger partial charge in [-0.05, 0) is 26.2 Å². The van der Waals surface area contributed by atoms with Gasteiger partial charge < -0.3 is 15.0 Å². The molecule has 21 heavy (non-hydrogen) atoms. The normalized spacial score (nSPS) is 26.6. The van der Waals surface area contributed by atoms with E-state index in [0.717, 1.165) is 0 Å². The quantitative estimate of drug-likeness (QED) is 0.925. The lowest BCUT2D eigenvalue weighted by atomic mass is 9.81. The molecule has 2 N–H and O–H groups in total. The van der Waals surface area contributed by atoms with Gasteiger partial charge in [0.1, 0.15) is 5.54 Å². The highest BCUT2D eigenvalue weighted by Crippen LogP contribution is 2.43. The molecule has 1 heterocycles. The van der Waals surface area contributed by atoms with Crippen LogP contribution in [0.4, 0.5) is 13.2 Å². The number of methoxy groups -OCH3 is 1. The van der Waals surface area contributed by atoms with Crippen LogP contribution in [0.3, 0.4) is 0 Å². The molecule has 1 aromatic heterocycles. The molecule has 3 unspecified atom stereocenters. The zero-order valence-corrected chi connectivity index (χ0v) is 12.1. The lowest BCUT2D eigenvalue weighted by Gasteiger charge is -2.28. The van der Waals surface area contributed by atoms with E-state index in [9.17, 15) is 13.2 Å². The maximum atomic E-state index is 12.8. The summed E-state index contributed by atoms with van der Waals surface area (Å²) in [6, 6.07) is 0. The zero-order chi connectivity index (χ0) is 15.7. The van der Waals surface area contributed by atoms with Gasteiger partial charge in [0, 0.05) is 13.0 Å². The molecule has 0 aliphatic heterocycles. The summed E-state index contributed by atoms with van der Waals surface area (Å²) in [5.74, 6) is -1.15. The van der Waals surface area contributed by atoms with Crippen molar-refractivity contribution in [3.05, 3.63) is 11.7 Å². The second-order valence-electron chi connectivity index (χ2n) is 5.91. The highest BCUT2D eigenvalue weighted by Gasteiger charge is 2.43. The van der Waals surface area contributed by atoms with Crippen molar-refractivity contribution >= 4 is 0 Å². The van der Waals surface area contributed by atoms with Crippen molar-refractivity contribution in [3.8, 4) is 0 Å². The van der Waals surface area contributed by atoms with Gasteiger partial charge >= 0.3 is 6.18 Å². The van der Waals surface area contributed by atoms with E-state index < -0.39 is 17.6 Å². The van der Waals surface area contributed by atoms with Gasteiger partial charge in [-0.2, -0.15) is 18.2 Å². The molecule has 1 aliphatic carbocycles. The molecule has 0 saturated heterocycles. The summed E-state index contributed by atoms with van der Waals surface area (Å²) in [5.41, 5.74) is 5.08. The van der Waals surface area contributed by atoms with E-state index in [4.69, 9.17) is 15.0 Å². The number of halogens is 3. The molecule has 0 spiro atoms. The Morgan fingerprint density at radius 1 is 1.38 bits per heavy atom. The Kier molecular flexibility index (Phi) is 4.57. The van der Waals surface area contributed by atoms with Gasteiger partial charge in [0.15, 0.2) is 5.82 Å². The monoisotopic (exact) mass is 307 g/mol. The molecule has 0 bridgehead atoms. The van der Waals surface area contributed by atoms with E-state index in [-0.39, 0.29) is 37.1 Å². The van der Waals surface area contributed by atoms with Gasteiger partial charge in [-0.15, -0.1) is 0 Å². The van der Waals surface area contributed by atoms with E-state index in [1.54, 1.807) is 6.92 Å². The van der Waals surface area contributed by atoms with Crippen LogP contribution in [0.1, 0.15) is 50.2 Å². The first kappa shape index (κ1) is 16.2. The first-order valence-electron chi connectivity index (χ1n) is 6.92. The van der Waals surface area contributed by atoms with Crippen LogP contribution < -0.4 is 5.73 Å². The highest BCUT2D eigenvalue weighted by atomic mass is 19.4. The molecule has 2 rings (SSSR count). The second kappa shape index (κ2) is 5.92. The highest BCUT2D eigenvalue weighted by molar-refractivity contribution is 5.05. The van der Waals surface area contributed by atoms with Gasteiger partial charge in [-0.3, -0.25) is 0 Å². The van der Waals surface area contributed by atoms with Gasteiger partial charge in [-0.25, -0.2) is 0 Å². The van der Waals surface area contributed by atoms with Crippen molar-refractivity contribution in [1.29, 1.82) is 0 Å². The fourth-order valence-electron chi connectivity index (χ4n) is 2.71. The maximum Gasteiger partial charge on any atom is 0.391 e. The predicted octanol–water partition coefficient (Wildman–Crippen LogP) is 2.73. The van der Waals surface area contributed by atoms with Crippen molar-refractivity contribution in [1.82, 2.24) is 10.1 Å². The summed E-state index contributed by atoms with van der Waals surface area (Å²) in [6.45, 7) is 1.88. The third-order valence-corrected chi connectivity index (χ3v) is 3.88. The summed E-state index contributed by atoms with van der Waals surface area (Å²) in [5, 5.41) is 3.80. The summed E-state index contributed by atoms with van der Waals surface area (Å²) < 4.78 is 48.6. The zero-order valence-electron chi connectivity index (χ0n) is 12.1. The Morgan fingerprint density at radius 2 is 2.10 bits per heavy atom. The average Bonchev–Trinajstić information content (AvgIpc) is 2.88. The van der Waals surface area contributed by atoms with Crippen molar-refractivity contribution < 1.29 is 22.4 Å². The Labute approximate surface area is 121 Å². The molecule has 0 radical (unpaired) electrons. The van der Waals surface area contributed by atoms with E-state index in [0.29, 0.717) is 12.8 Å². The third-order valence-electron chi connectivity index (χ3n) is 3.88. The average molecular weight is 307 g/mol. The molecule has 8 heteroatoms. The molecule has 3 atom stereocenters. The molecule has 1 aliphatic rings. The van der Waals surface area contributed by atoms with Crippen molar-refractivity contribution in [2.75, 3.05) is 13.7 Å². The Hall–Kier alpha value is -1.15. The van der Waals surface area contributed by atoms with Gasteiger partial charge in [0.2, 0.25) is 5.89 Å². The van der Waals surface area contributed by atoms with E-state index >= 15 is 0 Å². The Balaban J connectivity index is 2.11. The number of nitrogens with two attached hydrogens (primary N) is 1. The summed E-state index contributed by atoms with van der Waals surface area (Å²) >= 11 is 0. The number of ether oxygens (including phenoxy) is 1. The molecule has 0 aromatic carbocycles. The van der Waals surface area contributed by atoms with Crippen LogP contribution in [0.25, 0.3) is 0 Å². The van der Waals surface area contributed by atoms with Crippen molar-refractivity contribution in [2.45, 2.75) is 50.2 Å². The minimum absolute atomic E-state index is 0.00328. The van der Waals surface area contributed by atoms with Crippen LogP contribution in [-0.4, -0.2) is 30.0 Å². The minimum atomic E-state index is -4.17. The van der Waals surface area contributed by atoms with Crippen LogP contribution in [-0.2, 0) is 10.3 Å². The van der Waals surface area contributed by atoms with Crippen LogP contribution >= 0.6 is 0 Å². The van der Waals surface area contributed by atoms with Crippen LogP contribution in [0, 0.1) is 5.92 Å². The smallest absolute Gasteiger partial charge is 0.382 e. The number of hydrogen-bond acceptors (Lipinski definition) is 5. The number of nitrogens with zero attached hydrogens (tertiary/aromatic N) is 2. The minimum Gasteiger partial charge on any atom is -0.382 e. The van der Waals surface area contributed by atoms with Gasteiger partial charge in [0.05, 0.1) is 12.5 Å². The lowest BCUT2D eigenvalue weighted by Crippen LogP contribution is -2.39. The maximum absolute atomic E-state index is 12.8.